The third-order valence-corrected chi connectivity index (χ3v) is 6.18. The summed E-state index contributed by atoms with van der Waals surface area (Å²) in [4.78, 5) is 27.7. The molecule has 2 aliphatic heterocycles. The Morgan fingerprint density at radius 2 is 1.73 bits per heavy atom. The van der Waals surface area contributed by atoms with Crippen LogP contribution in [-0.2, 0) is 16.0 Å². The number of rotatable bonds is 3. The monoisotopic (exact) mass is 461 g/mol. The predicted octanol–water partition coefficient (Wildman–Crippen LogP) is 5.00. The number of anilines is 1. The lowest BCUT2D eigenvalue weighted by atomic mass is 9.94. The zero-order valence-corrected chi connectivity index (χ0v) is 18.4. The van der Waals surface area contributed by atoms with Gasteiger partial charge in [-0.15, -0.1) is 0 Å². The summed E-state index contributed by atoms with van der Waals surface area (Å²) in [5.41, 5.74) is 2.38. The van der Waals surface area contributed by atoms with Gasteiger partial charge in [0, 0.05) is 22.7 Å². The highest BCUT2D eigenvalue weighted by Gasteiger charge is 2.47. The fourth-order valence-corrected chi connectivity index (χ4v) is 4.52. The third-order valence-electron chi connectivity index (χ3n) is 5.93. The number of amides is 1. The molecule has 6 nitrogen and oxygen atoms in total. The average molecular weight is 462 g/mol. The number of ketones is 1. The Kier molecular flexibility index (Phi) is 5.10. The zero-order chi connectivity index (χ0) is 23.3. The van der Waals surface area contributed by atoms with Crippen molar-refractivity contribution in [3.8, 4) is 11.5 Å². The number of ether oxygens (including phenoxy) is 1. The van der Waals surface area contributed by atoms with Crippen molar-refractivity contribution in [2.75, 3.05) is 4.90 Å². The van der Waals surface area contributed by atoms with Crippen molar-refractivity contribution in [3.63, 3.8) is 0 Å². The highest BCUT2D eigenvalue weighted by atomic mass is 35.5. The molecule has 33 heavy (non-hydrogen) atoms. The summed E-state index contributed by atoms with van der Waals surface area (Å²) in [6, 6.07) is 17.1. The molecule has 2 N–H and O–H groups in total. The number of aliphatic hydroxyl groups excluding tert-OH is 1. The summed E-state index contributed by atoms with van der Waals surface area (Å²) in [7, 11) is 0. The second-order valence-corrected chi connectivity index (χ2v) is 8.63. The summed E-state index contributed by atoms with van der Waals surface area (Å²) >= 11 is 6.01. The number of phenols is 1. The van der Waals surface area contributed by atoms with E-state index in [4.69, 9.17) is 16.3 Å². The van der Waals surface area contributed by atoms with E-state index in [0.717, 1.165) is 11.3 Å². The second-order valence-electron chi connectivity index (χ2n) is 8.19. The molecule has 0 spiro atoms. The highest BCUT2D eigenvalue weighted by Crippen LogP contribution is 2.43. The molecule has 2 heterocycles. The van der Waals surface area contributed by atoms with Crippen LogP contribution in [0.15, 0.2) is 72.3 Å². The molecule has 0 saturated carbocycles. The Morgan fingerprint density at radius 3 is 2.42 bits per heavy atom. The van der Waals surface area contributed by atoms with Crippen molar-refractivity contribution in [2.45, 2.75) is 25.5 Å². The van der Waals surface area contributed by atoms with Gasteiger partial charge in [-0.2, -0.15) is 0 Å². The Hall–Kier alpha value is -3.77. The van der Waals surface area contributed by atoms with Crippen LogP contribution in [0.25, 0.3) is 5.76 Å². The van der Waals surface area contributed by atoms with Crippen LogP contribution >= 0.6 is 11.6 Å². The van der Waals surface area contributed by atoms with E-state index in [9.17, 15) is 19.8 Å². The first-order chi connectivity index (χ1) is 15.8. The third kappa shape index (κ3) is 3.62. The van der Waals surface area contributed by atoms with Crippen molar-refractivity contribution in [1.29, 1.82) is 0 Å². The minimum Gasteiger partial charge on any atom is -0.508 e. The summed E-state index contributed by atoms with van der Waals surface area (Å²) in [5.74, 6) is -1.00. The zero-order valence-electron chi connectivity index (χ0n) is 17.7. The van der Waals surface area contributed by atoms with Gasteiger partial charge in [0.25, 0.3) is 11.7 Å². The SMILES string of the molecule is CC1Cc2cc(/C(O)=C3/C(=O)C(=O)N(c4ccc(Cl)cc4)C3c3ccc(O)cc3)ccc2O1. The molecule has 5 rings (SSSR count). The average Bonchev–Trinajstić information content (AvgIpc) is 3.30. The molecule has 3 aromatic rings. The number of aromatic hydroxyl groups is 1. The van der Waals surface area contributed by atoms with E-state index in [1.54, 1.807) is 54.6 Å². The van der Waals surface area contributed by atoms with Crippen LogP contribution in [0.5, 0.6) is 11.5 Å². The molecule has 1 fully saturated rings. The first-order valence-corrected chi connectivity index (χ1v) is 10.9. The summed E-state index contributed by atoms with van der Waals surface area (Å²) in [6.07, 6.45) is 0.724. The minimum absolute atomic E-state index is 0.0208. The van der Waals surface area contributed by atoms with E-state index in [0.29, 0.717) is 28.3 Å². The number of carbonyl (C=O) groups is 2. The number of aliphatic hydroxyl groups is 1. The summed E-state index contributed by atoms with van der Waals surface area (Å²) < 4.78 is 5.73. The molecular formula is C26H20ClNO5. The molecule has 2 unspecified atom stereocenters. The second kappa shape index (κ2) is 7.98. The van der Waals surface area contributed by atoms with Gasteiger partial charge >= 0.3 is 0 Å². The van der Waals surface area contributed by atoms with Crippen LogP contribution in [0.4, 0.5) is 5.69 Å². The quantitative estimate of drug-likeness (QED) is 0.326. The number of phenolic OH excluding ortho intramolecular Hbond substituents is 1. The van der Waals surface area contributed by atoms with Crippen molar-refractivity contribution in [1.82, 2.24) is 0 Å². The highest BCUT2D eigenvalue weighted by molar-refractivity contribution is 6.51. The predicted molar refractivity (Wildman–Crippen MR) is 125 cm³/mol. The molecule has 0 radical (unpaired) electrons. The maximum atomic E-state index is 13.2. The van der Waals surface area contributed by atoms with Crippen LogP contribution < -0.4 is 9.64 Å². The summed E-state index contributed by atoms with van der Waals surface area (Å²) in [5, 5.41) is 21.5. The topological polar surface area (TPSA) is 87.1 Å². The minimum atomic E-state index is -0.879. The maximum absolute atomic E-state index is 13.2. The molecule has 2 atom stereocenters. The number of benzene rings is 3. The number of carbonyl (C=O) groups excluding carboxylic acids is 2. The number of halogens is 1. The number of hydrogen-bond donors (Lipinski definition) is 2. The van der Waals surface area contributed by atoms with Crippen LogP contribution in [0.3, 0.4) is 0 Å². The molecule has 0 bridgehead atoms. The van der Waals surface area contributed by atoms with E-state index >= 15 is 0 Å². The lowest BCUT2D eigenvalue weighted by molar-refractivity contribution is -0.132. The van der Waals surface area contributed by atoms with Gasteiger partial charge in [-0.1, -0.05) is 23.7 Å². The molecule has 0 aliphatic carbocycles. The molecule has 166 valence electrons. The molecule has 1 saturated heterocycles. The molecule has 2 aliphatic rings. The standard InChI is InChI=1S/C26H20ClNO5/c1-14-12-17-13-16(4-11-21(17)33-14)24(30)22-23(15-2-9-20(29)10-3-15)28(26(32)25(22)31)19-7-5-18(27)6-8-19/h2-11,13-14,23,29-30H,12H2,1H3/b24-22-. The van der Waals surface area contributed by atoms with Crippen LogP contribution in [0, 0.1) is 0 Å². The Balaban J connectivity index is 1.68. The van der Waals surface area contributed by atoms with Gasteiger partial charge in [-0.3, -0.25) is 14.5 Å². The van der Waals surface area contributed by atoms with E-state index < -0.39 is 17.7 Å². The molecule has 3 aromatic carbocycles. The van der Waals surface area contributed by atoms with E-state index in [1.807, 2.05) is 6.92 Å². The Labute approximate surface area is 195 Å². The molecule has 1 amide bonds. The van der Waals surface area contributed by atoms with Gasteiger partial charge < -0.3 is 14.9 Å². The van der Waals surface area contributed by atoms with Crippen LogP contribution in [-0.4, -0.2) is 28.0 Å². The van der Waals surface area contributed by atoms with Gasteiger partial charge in [-0.05, 0) is 72.6 Å². The van der Waals surface area contributed by atoms with Gasteiger partial charge in [0.05, 0.1) is 11.6 Å². The normalized spacial score (nSPS) is 21.2. The van der Waals surface area contributed by atoms with Crippen molar-refractivity contribution < 1.29 is 24.5 Å². The number of fused-ring (bicyclic) bond motifs is 1. The van der Waals surface area contributed by atoms with Gasteiger partial charge in [-0.25, -0.2) is 0 Å². The van der Waals surface area contributed by atoms with Gasteiger partial charge in [0.1, 0.15) is 23.4 Å². The van der Waals surface area contributed by atoms with Crippen molar-refractivity contribution in [2.24, 2.45) is 0 Å². The molecule has 0 aromatic heterocycles. The fraction of sp³-hybridized carbons (Fsp3) is 0.154. The Morgan fingerprint density at radius 1 is 1.03 bits per heavy atom. The van der Waals surface area contributed by atoms with Crippen LogP contribution in [0.1, 0.15) is 29.7 Å². The van der Waals surface area contributed by atoms with E-state index in [1.165, 1.54) is 17.0 Å². The van der Waals surface area contributed by atoms with Crippen LogP contribution in [0.2, 0.25) is 5.02 Å². The van der Waals surface area contributed by atoms with E-state index in [2.05, 4.69) is 0 Å². The van der Waals surface area contributed by atoms with Crippen molar-refractivity contribution in [3.05, 3.63) is 94.0 Å². The summed E-state index contributed by atoms with van der Waals surface area (Å²) in [6.45, 7) is 1.96. The fourth-order valence-electron chi connectivity index (χ4n) is 4.40. The largest absolute Gasteiger partial charge is 0.508 e. The lowest BCUT2D eigenvalue weighted by Gasteiger charge is -2.25. The number of hydrogen-bond acceptors (Lipinski definition) is 5. The first kappa shape index (κ1) is 21.1. The lowest BCUT2D eigenvalue weighted by Crippen LogP contribution is -2.29. The van der Waals surface area contributed by atoms with E-state index in [-0.39, 0.29) is 23.2 Å². The smallest absolute Gasteiger partial charge is 0.300 e. The number of Topliss-reactive ketones (excluding diaryl/α,β-unsaturated/α-hetero) is 1. The van der Waals surface area contributed by atoms with Gasteiger partial charge in [0.2, 0.25) is 0 Å². The number of nitrogens with zero attached hydrogens (tertiary/aromatic N) is 1. The first-order valence-electron chi connectivity index (χ1n) is 10.5. The maximum Gasteiger partial charge on any atom is 0.300 e. The molecule has 7 heteroatoms. The molecular weight excluding hydrogens is 442 g/mol. The van der Waals surface area contributed by atoms with Gasteiger partial charge in [0.15, 0.2) is 0 Å². The van der Waals surface area contributed by atoms with Crippen molar-refractivity contribution >= 4 is 34.7 Å². The Bertz CT molecular complexity index is 1300.